The van der Waals surface area contributed by atoms with Gasteiger partial charge in [0.15, 0.2) is 0 Å². The molecular formula is C11H19Cl. The van der Waals surface area contributed by atoms with Crippen molar-refractivity contribution in [3.8, 4) is 0 Å². The molecule has 0 aliphatic carbocycles. The number of halogens is 1. The van der Waals surface area contributed by atoms with Crippen LogP contribution >= 0.6 is 11.6 Å². The molecule has 0 aliphatic rings. The zero-order chi connectivity index (χ0) is 9.61. The standard InChI is InChI=1S/C11H19Cl/c1-5-10(12)9-11(6-2,7-3)8-4/h5,9H,1,6-8H2,2-4H3. The molecule has 0 fully saturated rings. The molecule has 0 aliphatic heterocycles. The lowest BCUT2D eigenvalue weighted by atomic mass is 9.79. The van der Waals surface area contributed by atoms with Gasteiger partial charge in [-0.25, -0.2) is 0 Å². The van der Waals surface area contributed by atoms with E-state index in [2.05, 4.69) is 33.4 Å². The van der Waals surface area contributed by atoms with Crippen LogP contribution in [0, 0.1) is 5.41 Å². The third-order valence-electron chi connectivity index (χ3n) is 2.75. The van der Waals surface area contributed by atoms with E-state index in [1.165, 1.54) is 0 Å². The summed E-state index contributed by atoms with van der Waals surface area (Å²) in [6.07, 6.45) is 7.27. The topological polar surface area (TPSA) is 0 Å². The molecule has 0 heterocycles. The van der Waals surface area contributed by atoms with E-state index in [4.69, 9.17) is 11.6 Å². The van der Waals surface area contributed by atoms with E-state index in [0.717, 1.165) is 24.3 Å². The van der Waals surface area contributed by atoms with Gasteiger partial charge >= 0.3 is 0 Å². The van der Waals surface area contributed by atoms with Crippen LogP contribution in [0.15, 0.2) is 23.8 Å². The Morgan fingerprint density at radius 2 is 1.67 bits per heavy atom. The first-order valence-corrected chi connectivity index (χ1v) is 5.02. The van der Waals surface area contributed by atoms with E-state index in [0.29, 0.717) is 0 Å². The fraction of sp³-hybridized carbons (Fsp3) is 0.636. The molecule has 0 aromatic rings. The van der Waals surface area contributed by atoms with Crippen molar-refractivity contribution in [1.82, 2.24) is 0 Å². The molecule has 0 nitrogen and oxygen atoms in total. The van der Waals surface area contributed by atoms with Gasteiger partial charge in [0.25, 0.3) is 0 Å². The Bertz CT molecular complexity index is 156. The van der Waals surface area contributed by atoms with Crippen molar-refractivity contribution in [2.24, 2.45) is 5.41 Å². The minimum Gasteiger partial charge on any atom is -0.0976 e. The summed E-state index contributed by atoms with van der Waals surface area (Å²) >= 11 is 5.93. The first-order chi connectivity index (χ1) is 5.64. The highest BCUT2D eigenvalue weighted by Crippen LogP contribution is 2.33. The molecule has 1 heteroatoms. The van der Waals surface area contributed by atoms with Crippen molar-refractivity contribution in [3.05, 3.63) is 23.8 Å². The first kappa shape index (κ1) is 11.8. The van der Waals surface area contributed by atoms with Crippen LogP contribution in [-0.4, -0.2) is 0 Å². The van der Waals surface area contributed by atoms with Crippen LogP contribution in [0.25, 0.3) is 0 Å². The Balaban J connectivity index is 4.60. The molecule has 70 valence electrons. The maximum atomic E-state index is 5.93. The second-order valence-corrected chi connectivity index (χ2v) is 3.59. The molecule has 12 heavy (non-hydrogen) atoms. The summed E-state index contributed by atoms with van der Waals surface area (Å²) < 4.78 is 0. The highest BCUT2D eigenvalue weighted by Gasteiger charge is 2.20. The summed E-state index contributed by atoms with van der Waals surface area (Å²) in [5.74, 6) is 0. The molecule has 0 aromatic heterocycles. The lowest BCUT2D eigenvalue weighted by molar-refractivity contribution is 0.339. The van der Waals surface area contributed by atoms with Crippen LogP contribution in [0.5, 0.6) is 0 Å². The predicted molar refractivity (Wildman–Crippen MR) is 57.4 cm³/mol. The Morgan fingerprint density at radius 3 is 1.92 bits per heavy atom. The quantitative estimate of drug-likeness (QED) is 0.555. The van der Waals surface area contributed by atoms with E-state index in [9.17, 15) is 0 Å². The van der Waals surface area contributed by atoms with Gasteiger partial charge in [0.1, 0.15) is 0 Å². The minimum absolute atomic E-state index is 0.283. The number of hydrogen-bond donors (Lipinski definition) is 0. The van der Waals surface area contributed by atoms with Gasteiger partial charge in [-0.1, -0.05) is 51.1 Å². The number of rotatable bonds is 5. The summed E-state index contributed by atoms with van der Waals surface area (Å²) in [5.41, 5.74) is 0.283. The van der Waals surface area contributed by atoms with Gasteiger partial charge in [-0.15, -0.1) is 0 Å². The van der Waals surface area contributed by atoms with Gasteiger partial charge in [-0.2, -0.15) is 0 Å². The van der Waals surface area contributed by atoms with Gasteiger partial charge < -0.3 is 0 Å². The van der Waals surface area contributed by atoms with Gasteiger partial charge in [-0.05, 0) is 24.7 Å². The van der Waals surface area contributed by atoms with E-state index in [1.54, 1.807) is 6.08 Å². The average molecular weight is 187 g/mol. The van der Waals surface area contributed by atoms with Crippen molar-refractivity contribution in [2.45, 2.75) is 40.0 Å². The molecule has 0 saturated carbocycles. The summed E-state index contributed by atoms with van der Waals surface area (Å²) in [4.78, 5) is 0. The predicted octanol–water partition coefficient (Wildman–Crippen LogP) is 4.51. The van der Waals surface area contributed by atoms with E-state index >= 15 is 0 Å². The molecule has 0 saturated heterocycles. The molecule has 0 unspecified atom stereocenters. The van der Waals surface area contributed by atoms with Gasteiger partial charge in [-0.3, -0.25) is 0 Å². The minimum atomic E-state index is 0.283. The van der Waals surface area contributed by atoms with Crippen LogP contribution in [0.3, 0.4) is 0 Å². The van der Waals surface area contributed by atoms with E-state index < -0.39 is 0 Å². The van der Waals surface area contributed by atoms with Crippen molar-refractivity contribution in [3.63, 3.8) is 0 Å². The smallest absolute Gasteiger partial charge is 0.0365 e. The van der Waals surface area contributed by atoms with Crippen LogP contribution in [0.1, 0.15) is 40.0 Å². The van der Waals surface area contributed by atoms with Gasteiger partial charge in [0.05, 0.1) is 0 Å². The fourth-order valence-electron chi connectivity index (χ4n) is 1.41. The molecule has 0 radical (unpaired) electrons. The Hall–Kier alpha value is -0.230. The van der Waals surface area contributed by atoms with Gasteiger partial charge in [0.2, 0.25) is 0 Å². The highest BCUT2D eigenvalue weighted by atomic mass is 35.5. The van der Waals surface area contributed by atoms with Gasteiger partial charge in [0, 0.05) is 5.03 Å². The summed E-state index contributed by atoms with van der Waals surface area (Å²) in [6, 6.07) is 0. The highest BCUT2D eigenvalue weighted by molar-refractivity contribution is 6.31. The van der Waals surface area contributed by atoms with Crippen LogP contribution < -0.4 is 0 Å². The molecule has 0 N–H and O–H groups in total. The summed E-state index contributed by atoms with van der Waals surface area (Å²) in [6.45, 7) is 10.3. The molecule has 0 rings (SSSR count). The largest absolute Gasteiger partial charge is 0.0976 e. The molecule has 0 spiro atoms. The van der Waals surface area contributed by atoms with E-state index in [-0.39, 0.29) is 5.41 Å². The number of hydrogen-bond acceptors (Lipinski definition) is 0. The Morgan fingerprint density at radius 1 is 1.25 bits per heavy atom. The summed E-state index contributed by atoms with van der Waals surface area (Å²) in [7, 11) is 0. The third kappa shape index (κ3) is 3.02. The average Bonchev–Trinajstić information content (AvgIpc) is 2.14. The first-order valence-electron chi connectivity index (χ1n) is 4.65. The fourth-order valence-corrected chi connectivity index (χ4v) is 1.64. The molecule has 0 amide bonds. The van der Waals surface area contributed by atoms with Crippen molar-refractivity contribution < 1.29 is 0 Å². The second kappa shape index (κ2) is 5.42. The number of allylic oxidation sites excluding steroid dienone is 3. The second-order valence-electron chi connectivity index (χ2n) is 3.16. The SMILES string of the molecule is C=CC(Cl)=CC(CC)(CC)CC. The maximum Gasteiger partial charge on any atom is 0.0365 e. The van der Waals surface area contributed by atoms with Crippen LogP contribution in [0.4, 0.5) is 0 Å². The maximum absolute atomic E-state index is 5.93. The lowest BCUT2D eigenvalue weighted by Crippen LogP contribution is -2.14. The van der Waals surface area contributed by atoms with E-state index in [1.807, 2.05) is 0 Å². The normalized spacial score (nSPS) is 13.2. The van der Waals surface area contributed by atoms with Crippen LogP contribution in [-0.2, 0) is 0 Å². The molecule has 0 atom stereocenters. The summed E-state index contributed by atoms with van der Waals surface area (Å²) in [5, 5.41) is 0.778. The zero-order valence-electron chi connectivity index (χ0n) is 8.36. The van der Waals surface area contributed by atoms with Crippen molar-refractivity contribution in [2.75, 3.05) is 0 Å². The molecule has 0 bridgehead atoms. The van der Waals surface area contributed by atoms with Crippen molar-refractivity contribution in [1.29, 1.82) is 0 Å². The lowest BCUT2D eigenvalue weighted by Gasteiger charge is -2.26. The Labute approximate surface area is 81.3 Å². The van der Waals surface area contributed by atoms with Crippen molar-refractivity contribution >= 4 is 11.6 Å². The monoisotopic (exact) mass is 186 g/mol. The molecule has 0 aromatic carbocycles. The Kier molecular flexibility index (Phi) is 5.32. The molecular weight excluding hydrogens is 168 g/mol. The zero-order valence-corrected chi connectivity index (χ0v) is 9.12. The third-order valence-corrected chi connectivity index (χ3v) is 3.01. The van der Waals surface area contributed by atoms with Crippen LogP contribution in [0.2, 0.25) is 0 Å².